The second kappa shape index (κ2) is 7.54. The van der Waals surface area contributed by atoms with E-state index >= 15 is 0 Å². The summed E-state index contributed by atoms with van der Waals surface area (Å²) in [6, 6.07) is 5.73. The van der Waals surface area contributed by atoms with Crippen LogP contribution in [0.4, 0.5) is 0 Å². The molecule has 1 atom stereocenters. The molecular weight excluding hydrogens is 238 g/mol. The molecule has 1 unspecified atom stereocenters. The Bertz CT molecular complexity index is 344. The molecule has 0 aliphatic rings. The van der Waals surface area contributed by atoms with E-state index in [2.05, 4.69) is 0 Å². The molecule has 1 rings (SSSR count). The minimum atomic E-state index is 0.0589. The van der Waals surface area contributed by atoms with Crippen molar-refractivity contribution in [2.45, 2.75) is 26.4 Å². The van der Waals surface area contributed by atoms with E-state index in [-0.39, 0.29) is 6.10 Å². The maximum atomic E-state index is 6.03. The van der Waals surface area contributed by atoms with Gasteiger partial charge in [-0.25, -0.2) is 0 Å². The first kappa shape index (κ1) is 14.3. The molecular formula is C13H20ClNO2. The Morgan fingerprint density at radius 1 is 1.41 bits per heavy atom. The van der Waals surface area contributed by atoms with E-state index in [1.807, 2.05) is 32.0 Å². The Hall–Kier alpha value is -0.770. The molecule has 0 aliphatic heterocycles. The van der Waals surface area contributed by atoms with E-state index in [0.29, 0.717) is 24.8 Å². The number of rotatable bonds is 7. The number of ether oxygens (including phenoxy) is 2. The van der Waals surface area contributed by atoms with Gasteiger partial charge in [0.15, 0.2) is 0 Å². The van der Waals surface area contributed by atoms with E-state index in [0.717, 1.165) is 17.7 Å². The molecule has 0 heterocycles. The molecule has 1 aromatic rings. The van der Waals surface area contributed by atoms with Crippen LogP contribution >= 0.6 is 11.6 Å². The van der Waals surface area contributed by atoms with Gasteiger partial charge in [0.25, 0.3) is 0 Å². The monoisotopic (exact) mass is 257 g/mol. The summed E-state index contributed by atoms with van der Waals surface area (Å²) in [7, 11) is 0. The van der Waals surface area contributed by atoms with Gasteiger partial charge in [-0.15, -0.1) is 0 Å². The largest absolute Gasteiger partial charge is 0.492 e. The molecule has 17 heavy (non-hydrogen) atoms. The fraction of sp³-hybridized carbons (Fsp3) is 0.538. The van der Waals surface area contributed by atoms with Crippen LogP contribution in [-0.2, 0) is 4.74 Å². The molecule has 3 nitrogen and oxygen atoms in total. The lowest BCUT2D eigenvalue weighted by molar-refractivity contribution is 0.0527. The summed E-state index contributed by atoms with van der Waals surface area (Å²) in [5.41, 5.74) is 6.71. The standard InChI is InChI=1S/C13H20ClNO2/c1-3-16-11(9-15)6-7-17-13-8-10(2)4-5-12(13)14/h4-5,8,11H,3,6-7,9,15H2,1-2H3. The van der Waals surface area contributed by atoms with Crippen molar-refractivity contribution < 1.29 is 9.47 Å². The zero-order valence-corrected chi connectivity index (χ0v) is 11.2. The molecule has 0 saturated carbocycles. The molecule has 0 spiro atoms. The number of aryl methyl sites for hydroxylation is 1. The summed E-state index contributed by atoms with van der Waals surface area (Å²) in [5, 5.41) is 0.635. The lowest BCUT2D eigenvalue weighted by Gasteiger charge is -2.15. The Morgan fingerprint density at radius 3 is 2.82 bits per heavy atom. The molecule has 0 aliphatic carbocycles. The number of nitrogens with two attached hydrogens (primary N) is 1. The van der Waals surface area contributed by atoms with Crippen molar-refractivity contribution >= 4 is 11.6 Å². The van der Waals surface area contributed by atoms with Gasteiger partial charge in [-0.1, -0.05) is 17.7 Å². The Kier molecular flexibility index (Phi) is 6.34. The fourth-order valence-corrected chi connectivity index (χ4v) is 1.70. The van der Waals surface area contributed by atoms with Crippen molar-refractivity contribution in [3.8, 4) is 5.75 Å². The summed E-state index contributed by atoms with van der Waals surface area (Å²) in [6.45, 7) is 5.71. The predicted octanol–water partition coefficient (Wildman–Crippen LogP) is 2.78. The average Bonchev–Trinajstić information content (AvgIpc) is 2.32. The van der Waals surface area contributed by atoms with Crippen LogP contribution in [0.1, 0.15) is 18.9 Å². The lowest BCUT2D eigenvalue weighted by atomic mass is 10.2. The number of halogens is 1. The maximum absolute atomic E-state index is 6.03. The Labute approximate surface area is 108 Å². The highest BCUT2D eigenvalue weighted by atomic mass is 35.5. The Balaban J connectivity index is 2.42. The number of benzene rings is 1. The van der Waals surface area contributed by atoms with Gasteiger partial charge in [0, 0.05) is 19.6 Å². The van der Waals surface area contributed by atoms with Crippen LogP contribution in [-0.4, -0.2) is 25.9 Å². The van der Waals surface area contributed by atoms with Crippen molar-refractivity contribution in [1.82, 2.24) is 0 Å². The quantitative estimate of drug-likeness (QED) is 0.817. The van der Waals surface area contributed by atoms with Crippen LogP contribution < -0.4 is 10.5 Å². The van der Waals surface area contributed by atoms with Crippen LogP contribution in [0.25, 0.3) is 0 Å². The highest BCUT2D eigenvalue weighted by Crippen LogP contribution is 2.25. The summed E-state index contributed by atoms with van der Waals surface area (Å²) in [5.74, 6) is 0.721. The lowest BCUT2D eigenvalue weighted by Crippen LogP contribution is -2.25. The van der Waals surface area contributed by atoms with Gasteiger partial charge in [-0.3, -0.25) is 0 Å². The van der Waals surface area contributed by atoms with Crippen LogP contribution in [0.5, 0.6) is 5.75 Å². The number of hydrogen-bond donors (Lipinski definition) is 1. The first-order valence-corrected chi connectivity index (χ1v) is 6.25. The second-order valence-corrected chi connectivity index (χ2v) is 4.29. The van der Waals surface area contributed by atoms with Gasteiger partial charge in [0.2, 0.25) is 0 Å². The minimum absolute atomic E-state index is 0.0589. The summed E-state index contributed by atoms with van der Waals surface area (Å²) >= 11 is 6.03. The SMILES string of the molecule is CCOC(CN)CCOc1cc(C)ccc1Cl. The van der Waals surface area contributed by atoms with Gasteiger partial charge >= 0.3 is 0 Å². The maximum Gasteiger partial charge on any atom is 0.138 e. The van der Waals surface area contributed by atoms with Crippen LogP contribution in [0.3, 0.4) is 0 Å². The summed E-state index contributed by atoms with van der Waals surface area (Å²) < 4.78 is 11.1. The zero-order valence-electron chi connectivity index (χ0n) is 10.4. The predicted molar refractivity (Wildman–Crippen MR) is 70.8 cm³/mol. The second-order valence-electron chi connectivity index (χ2n) is 3.88. The van der Waals surface area contributed by atoms with Crippen LogP contribution in [0.2, 0.25) is 5.02 Å². The molecule has 0 radical (unpaired) electrons. The first-order valence-electron chi connectivity index (χ1n) is 5.88. The van der Waals surface area contributed by atoms with E-state index < -0.39 is 0 Å². The van der Waals surface area contributed by atoms with Crippen molar-refractivity contribution in [1.29, 1.82) is 0 Å². The van der Waals surface area contributed by atoms with E-state index in [4.69, 9.17) is 26.8 Å². The highest BCUT2D eigenvalue weighted by Gasteiger charge is 2.07. The van der Waals surface area contributed by atoms with Crippen LogP contribution in [0.15, 0.2) is 18.2 Å². The number of hydrogen-bond acceptors (Lipinski definition) is 3. The minimum Gasteiger partial charge on any atom is -0.492 e. The molecule has 0 fully saturated rings. The molecule has 2 N–H and O–H groups in total. The van der Waals surface area contributed by atoms with E-state index in [1.165, 1.54) is 0 Å². The molecule has 0 saturated heterocycles. The smallest absolute Gasteiger partial charge is 0.138 e. The van der Waals surface area contributed by atoms with Crippen molar-refractivity contribution in [2.24, 2.45) is 5.73 Å². The van der Waals surface area contributed by atoms with Gasteiger partial charge in [-0.2, -0.15) is 0 Å². The van der Waals surface area contributed by atoms with Gasteiger partial charge in [0.1, 0.15) is 5.75 Å². The Morgan fingerprint density at radius 2 is 2.18 bits per heavy atom. The normalized spacial score (nSPS) is 12.5. The highest BCUT2D eigenvalue weighted by molar-refractivity contribution is 6.32. The van der Waals surface area contributed by atoms with Crippen LogP contribution in [0, 0.1) is 6.92 Å². The molecule has 1 aromatic carbocycles. The first-order chi connectivity index (χ1) is 8.17. The average molecular weight is 258 g/mol. The third-order valence-electron chi connectivity index (χ3n) is 2.45. The van der Waals surface area contributed by atoms with Crippen molar-refractivity contribution in [3.63, 3.8) is 0 Å². The van der Waals surface area contributed by atoms with Gasteiger partial charge in [-0.05, 0) is 31.5 Å². The molecule has 0 amide bonds. The molecule has 96 valence electrons. The van der Waals surface area contributed by atoms with Crippen molar-refractivity contribution in [3.05, 3.63) is 28.8 Å². The van der Waals surface area contributed by atoms with Crippen molar-refractivity contribution in [2.75, 3.05) is 19.8 Å². The topological polar surface area (TPSA) is 44.5 Å². The molecule has 0 aromatic heterocycles. The van der Waals surface area contributed by atoms with Gasteiger partial charge < -0.3 is 15.2 Å². The summed E-state index contributed by atoms with van der Waals surface area (Å²) in [6.07, 6.45) is 0.831. The zero-order chi connectivity index (χ0) is 12.7. The third-order valence-corrected chi connectivity index (χ3v) is 2.76. The van der Waals surface area contributed by atoms with E-state index in [9.17, 15) is 0 Å². The fourth-order valence-electron chi connectivity index (χ4n) is 1.53. The third kappa shape index (κ3) is 4.94. The van der Waals surface area contributed by atoms with Gasteiger partial charge in [0.05, 0.1) is 17.7 Å². The summed E-state index contributed by atoms with van der Waals surface area (Å²) in [4.78, 5) is 0. The molecule has 4 heteroatoms. The molecule has 0 bridgehead atoms. The van der Waals surface area contributed by atoms with E-state index in [1.54, 1.807) is 0 Å².